The Kier molecular flexibility index (Phi) is 4.45. The molecule has 6 heteroatoms. The molecule has 0 aliphatic rings. The molecule has 106 valence electrons. The summed E-state index contributed by atoms with van der Waals surface area (Å²) in [5.41, 5.74) is 1.52. The Morgan fingerprint density at radius 1 is 1.20 bits per heavy atom. The molecule has 0 saturated heterocycles. The third-order valence-electron chi connectivity index (χ3n) is 2.66. The molecule has 0 amide bonds. The number of hydrogen-bond acceptors (Lipinski definition) is 5. The van der Waals surface area contributed by atoms with Gasteiger partial charge < -0.3 is 10.1 Å². The lowest BCUT2D eigenvalue weighted by Crippen LogP contribution is -2.08. The molecule has 0 bridgehead atoms. The van der Waals surface area contributed by atoms with E-state index in [2.05, 4.69) is 20.3 Å². The van der Waals surface area contributed by atoms with Crippen LogP contribution in [0, 0.1) is 12.7 Å². The van der Waals surface area contributed by atoms with Crippen LogP contribution >= 0.6 is 0 Å². The predicted molar refractivity (Wildman–Crippen MR) is 75.3 cm³/mol. The summed E-state index contributed by atoms with van der Waals surface area (Å²) in [7, 11) is 0. The van der Waals surface area contributed by atoms with Crippen molar-refractivity contribution in [3.8, 4) is 17.4 Å². The summed E-state index contributed by atoms with van der Waals surface area (Å²) in [6.07, 6.45) is 0. The largest absolute Gasteiger partial charge is 0.464 e. The third kappa shape index (κ3) is 3.20. The maximum atomic E-state index is 13.4. The molecule has 2 rings (SSSR count). The number of anilines is 1. The molecule has 0 aliphatic heterocycles. The molecule has 0 spiro atoms. The Hall–Kier alpha value is -2.24. The molecule has 20 heavy (non-hydrogen) atoms. The number of nitrogens with one attached hydrogen (secondary N) is 1. The predicted octanol–water partition coefficient (Wildman–Crippen LogP) is 2.82. The fourth-order valence-electron chi connectivity index (χ4n) is 1.74. The molecule has 2 aromatic rings. The van der Waals surface area contributed by atoms with Crippen LogP contribution in [-0.4, -0.2) is 28.1 Å². The van der Waals surface area contributed by atoms with Gasteiger partial charge in [-0.3, -0.25) is 0 Å². The van der Waals surface area contributed by atoms with Crippen LogP contribution in [0.4, 0.5) is 10.3 Å². The quantitative estimate of drug-likeness (QED) is 0.910. The van der Waals surface area contributed by atoms with Gasteiger partial charge in [0.25, 0.3) is 0 Å². The van der Waals surface area contributed by atoms with E-state index in [4.69, 9.17) is 4.74 Å². The van der Waals surface area contributed by atoms with Gasteiger partial charge in [0.2, 0.25) is 5.95 Å². The number of halogens is 1. The van der Waals surface area contributed by atoms with Crippen molar-refractivity contribution >= 4 is 5.95 Å². The van der Waals surface area contributed by atoms with Gasteiger partial charge >= 0.3 is 6.01 Å². The van der Waals surface area contributed by atoms with Crippen LogP contribution in [0.2, 0.25) is 0 Å². The summed E-state index contributed by atoms with van der Waals surface area (Å²) in [6, 6.07) is 4.75. The monoisotopic (exact) mass is 276 g/mol. The van der Waals surface area contributed by atoms with E-state index in [0.717, 1.165) is 5.56 Å². The van der Waals surface area contributed by atoms with E-state index in [9.17, 15) is 4.39 Å². The third-order valence-corrected chi connectivity index (χ3v) is 2.66. The van der Waals surface area contributed by atoms with E-state index in [1.54, 1.807) is 6.07 Å². The Labute approximate surface area is 117 Å². The van der Waals surface area contributed by atoms with Crippen molar-refractivity contribution < 1.29 is 9.13 Å². The number of aromatic nitrogens is 3. The Morgan fingerprint density at radius 3 is 2.70 bits per heavy atom. The van der Waals surface area contributed by atoms with Crippen molar-refractivity contribution in [2.75, 3.05) is 18.5 Å². The Bertz CT molecular complexity index is 579. The van der Waals surface area contributed by atoms with Gasteiger partial charge in [0.15, 0.2) is 5.82 Å². The number of hydrogen-bond donors (Lipinski definition) is 1. The molecule has 0 atom stereocenters. The zero-order valence-corrected chi connectivity index (χ0v) is 11.8. The fraction of sp³-hybridized carbons (Fsp3) is 0.357. The van der Waals surface area contributed by atoms with Crippen LogP contribution in [0.3, 0.4) is 0 Å². The number of nitrogens with zero attached hydrogens (tertiary/aromatic N) is 3. The van der Waals surface area contributed by atoms with Crippen LogP contribution in [0.15, 0.2) is 18.2 Å². The first-order valence-electron chi connectivity index (χ1n) is 6.53. The molecule has 5 nitrogen and oxygen atoms in total. The van der Waals surface area contributed by atoms with Crippen LogP contribution in [0.5, 0.6) is 6.01 Å². The number of rotatable bonds is 5. The second kappa shape index (κ2) is 6.27. The highest BCUT2D eigenvalue weighted by atomic mass is 19.1. The van der Waals surface area contributed by atoms with E-state index < -0.39 is 0 Å². The molecular formula is C14H17FN4O. The van der Waals surface area contributed by atoms with E-state index in [1.165, 1.54) is 12.1 Å². The minimum Gasteiger partial charge on any atom is -0.464 e. The molecule has 0 fully saturated rings. The molecule has 1 N–H and O–H groups in total. The van der Waals surface area contributed by atoms with Crippen LogP contribution in [0.1, 0.15) is 19.4 Å². The first kappa shape index (κ1) is 14.2. The summed E-state index contributed by atoms with van der Waals surface area (Å²) < 4.78 is 18.7. The second-order valence-electron chi connectivity index (χ2n) is 4.19. The first-order valence-corrected chi connectivity index (χ1v) is 6.53. The van der Waals surface area contributed by atoms with Gasteiger partial charge in [-0.05, 0) is 38.5 Å². The van der Waals surface area contributed by atoms with E-state index in [1.807, 2.05) is 20.8 Å². The summed E-state index contributed by atoms with van der Waals surface area (Å²) in [6.45, 7) is 6.81. The normalized spacial score (nSPS) is 10.4. The van der Waals surface area contributed by atoms with Gasteiger partial charge in [-0.2, -0.15) is 15.0 Å². The van der Waals surface area contributed by atoms with E-state index in [-0.39, 0.29) is 11.8 Å². The average molecular weight is 276 g/mol. The van der Waals surface area contributed by atoms with Crippen molar-refractivity contribution in [3.63, 3.8) is 0 Å². The van der Waals surface area contributed by atoms with Crippen LogP contribution < -0.4 is 10.1 Å². The molecule has 1 aromatic heterocycles. The SMILES string of the molecule is CCNc1nc(OCC)nc(-c2cc(F)ccc2C)n1. The summed E-state index contributed by atoms with van der Waals surface area (Å²) in [4.78, 5) is 12.7. The van der Waals surface area contributed by atoms with Crippen molar-refractivity contribution in [2.24, 2.45) is 0 Å². The van der Waals surface area contributed by atoms with Crippen LogP contribution in [0.25, 0.3) is 11.4 Å². The number of aryl methyl sites for hydroxylation is 1. The fourth-order valence-corrected chi connectivity index (χ4v) is 1.74. The zero-order valence-electron chi connectivity index (χ0n) is 11.8. The average Bonchev–Trinajstić information content (AvgIpc) is 2.42. The minimum atomic E-state index is -0.325. The minimum absolute atomic E-state index is 0.233. The lowest BCUT2D eigenvalue weighted by molar-refractivity contribution is 0.312. The van der Waals surface area contributed by atoms with Gasteiger partial charge in [0.05, 0.1) is 6.61 Å². The van der Waals surface area contributed by atoms with E-state index >= 15 is 0 Å². The molecular weight excluding hydrogens is 259 g/mol. The molecule has 0 unspecified atom stereocenters. The van der Waals surface area contributed by atoms with Gasteiger partial charge in [0.1, 0.15) is 5.82 Å². The zero-order chi connectivity index (χ0) is 14.5. The molecule has 1 heterocycles. The number of benzene rings is 1. The highest BCUT2D eigenvalue weighted by molar-refractivity contribution is 5.61. The van der Waals surface area contributed by atoms with Crippen molar-refractivity contribution in [1.82, 2.24) is 15.0 Å². The standard InChI is InChI=1S/C14H17FN4O/c1-4-16-13-17-12(18-14(19-13)20-5-2)11-8-10(15)7-6-9(11)3/h6-8H,4-5H2,1-3H3,(H,16,17,18,19). The van der Waals surface area contributed by atoms with Crippen molar-refractivity contribution in [2.45, 2.75) is 20.8 Å². The highest BCUT2D eigenvalue weighted by Crippen LogP contribution is 2.23. The first-order chi connectivity index (χ1) is 9.63. The van der Waals surface area contributed by atoms with Crippen molar-refractivity contribution in [1.29, 1.82) is 0 Å². The Balaban J connectivity index is 2.51. The van der Waals surface area contributed by atoms with Crippen LogP contribution in [-0.2, 0) is 0 Å². The Morgan fingerprint density at radius 2 is 2.00 bits per heavy atom. The smallest absolute Gasteiger partial charge is 0.321 e. The molecule has 1 aromatic carbocycles. The van der Waals surface area contributed by atoms with Gasteiger partial charge in [-0.15, -0.1) is 0 Å². The number of ether oxygens (including phenoxy) is 1. The van der Waals surface area contributed by atoms with Gasteiger partial charge in [-0.1, -0.05) is 6.07 Å². The topological polar surface area (TPSA) is 59.9 Å². The molecule has 0 saturated carbocycles. The van der Waals surface area contributed by atoms with Gasteiger partial charge in [0, 0.05) is 12.1 Å². The van der Waals surface area contributed by atoms with Gasteiger partial charge in [-0.25, -0.2) is 4.39 Å². The highest BCUT2D eigenvalue weighted by Gasteiger charge is 2.11. The maximum Gasteiger partial charge on any atom is 0.321 e. The molecule has 0 aliphatic carbocycles. The lowest BCUT2D eigenvalue weighted by Gasteiger charge is -2.09. The summed E-state index contributed by atoms with van der Waals surface area (Å²) in [5, 5.41) is 3.01. The molecule has 0 radical (unpaired) electrons. The van der Waals surface area contributed by atoms with E-state index in [0.29, 0.717) is 30.5 Å². The van der Waals surface area contributed by atoms with Crippen molar-refractivity contribution in [3.05, 3.63) is 29.6 Å². The second-order valence-corrected chi connectivity index (χ2v) is 4.19. The lowest BCUT2D eigenvalue weighted by atomic mass is 10.1. The summed E-state index contributed by atoms with van der Waals surface area (Å²) in [5.74, 6) is 0.495. The maximum absolute atomic E-state index is 13.4. The summed E-state index contributed by atoms with van der Waals surface area (Å²) >= 11 is 0.